The van der Waals surface area contributed by atoms with Crippen LogP contribution in [0.2, 0.25) is 0 Å². The molecular formula is C29H29N5O3. The maximum atomic E-state index is 13.3. The fourth-order valence-corrected chi connectivity index (χ4v) is 4.37. The monoisotopic (exact) mass is 495 g/mol. The van der Waals surface area contributed by atoms with E-state index in [0.717, 1.165) is 48.3 Å². The summed E-state index contributed by atoms with van der Waals surface area (Å²) in [5, 5.41) is 6.77. The number of nitrogens with one attached hydrogen (secondary N) is 2. The van der Waals surface area contributed by atoms with Crippen LogP contribution in [0.15, 0.2) is 79.1 Å². The molecule has 2 aromatic carbocycles. The van der Waals surface area contributed by atoms with Crippen LogP contribution in [-0.4, -0.2) is 59.5 Å². The van der Waals surface area contributed by atoms with E-state index in [2.05, 4.69) is 20.5 Å². The third-order valence-corrected chi connectivity index (χ3v) is 6.34. The molecule has 0 spiro atoms. The number of carbonyl (C=O) groups is 2. The van der Waals surface area contributed by atoms with E-state index >= 15 is 0 Å². The van der Waals surface area contributed by atoms with Gasteiger partial charge in [0.2, 0.25) is 5.91 Å². The number of rotatable bonds is 8. The van der Waals surface area contributed by atoms with Gasteiger partial charge >= 0.3 is 0 Å². The molecular weight excluding hydrogens is 466 g/mol. The van der Waals surface area contributed by atoms with Gasteiger partial charge < -0.3 is 15.4 Å². The molecule has 2 N–H and O–H groups in total. The average molecular weight is 496 g/mol. The second kappa shape index (κ2) is 11.7. The van der Waals surface area contributed by atoms with Gasteiger partial charge in [0.25, 0.3) is 5.91 Å². The van der Waals surface area contributed by atoms with Crippen molar-refractivity contribution in [2.24, 2.45) is 0 Å². The molecule has 3 heterocycles. The molecule has 8 heteroatoms. The first-order valence-electron chi connectivity index (χ1n) is 12.4. The van der Waals surface area contributed by atoms with Crippen molar-refractivity contribution in [2.75, 3.05) is 38.2 Å². The summed E-state index contributed by atoms with van der Waals surface area (Å²) in [5.41, 5.74) is 4.45. The van der Waals surface area contributed by atoms with Crippen molar-refractivity contribution >= 4 is 28.4 Å². The fourth-order valence-electron chi connectivity index (χ4n) is 4.37. The van der Waals surface area contributed by atoms with E-state index in [4.69, 9.17) is 9.72 Å². The highest BCUT2D eigenvalue weighted by molar-refractivity contribution is 6.07. The number of benzene rings is 2. The smallest absolute Gasteiger partial charge is 0.252 e. The summed E-state index contributed by atoms with van der Waals surface area (Å²) in [6, 6.07) is 20.7. The molecule has 5 rings (SSSR count). The van der Waals surface area contributed by atoms with Gasteiger partial charge in [-0.25, -0.2) is 4.98 Å². The average Bonchev–Trinajstić information content (AvgIpc) is 2.95. The van der Waals surface area contributed by atoms with Crippen LogP contribution in [0.4, 0.5) is 5.69 Å². The number of aromatic nitrogens is 2. The number of amides is 2. The quantitative estimate of drug-likeness (QED) is 0.385. The largest absolute Gasteiger partial charge is 0.379 e. The van der Waals surface area contributed by atoms with Crippen molar-refractivity contribution < 1.29 is 14.3 Å². The van der Waals surface area contributed by atoms with Gasteiger partial charge in [-0.15, -0.1) is 0 Å². The number of hydrogen-bond donors (Lipinski definition) is 2. The predicted molar refractivity (Wildman–Crippen MR) is 143 cm³/mol. The van der Waals surface area contributed by atoms with E-state index in [1.54, 1.807) is 18.5 Å². The molecule has 2 amide bonds. The van der Waals surface area contributed by atoms with Gasteiger partial charge in [0.1, 0.15) is 0 Å². The zero-order valence-electron chi connectivity index (χ0n) is 20.5. The van der Waals surface area contributed by atoms with Gasteiger partial charge in [-0.05, 0) is 42.0 Å². The Labute approximate surface area is 215 Å². The first kappa shape index (κ1) is 24.5. The third kappa shape index (κ3) is 6.35. The predicted octanol–water partition coefficient (Wildman–Crippen LogP) is 3.89. The molecule has 37 heavy (non-hydrogen) atoms. The second-order valence-corrected chi connectivity index (χ2v) is 8.95. The van der Waals surface area contributed by atoms with Gasteiger partial charge in [0.15, 0.2) is 0 Å². The Balaban J connectivity index is 1.24. The molecule has 0 bridgehead atoms. The molecule has 1 aliphatic heterocycles. The zero-order valence-corrected chi connectivity index (χ0v) is 20.5. The van der Waals surface area contributed by atoms with Crippen LogP contribution in [0, 0.1) is 0 Å². The first-order chi connectivity index (χ1) is 18.2. The lowest BCUT2D eigenvalue weighted by atomic mass is 10.0. The Hall–Kier alpha value is -4.14. The first-order valence-corrected chi connectivity index (χ1v) is 12.4. The van der Waals surface area contributed by atoms with E-state index in [1.165, 1.54) is 0 Å². The topological polar surface area (TPSA) is 96.5 Å². The van der Waals surface area contributed by atoms with Crippen molar-refractivity contribution in [2.45, 2.75) is 13.0 Å². The van der Waals surface area contributed by atoms with Crippen molar-refractivity contribution in [1.82, 2.24) is 20.2 Å². The van der Waals surface area contributed by atoms with Crippen molar-refractivity contribution in [3.63, 3.8) is 0 Å². The highest BCUT2D eigenvalue weighted by atomic mass is 16.5. The summed E-state index contributed by atoms with van der Waals surface area (Å²) in [4.78, 5) is 36.9. The molecule has 0 saturated carbocycles. The van der Waals surface area contributed by atoms with E-state index < -0.39 is 0 Å². The van der Waals surface area contributed by atoms with E-state index in [1.807, 2.05) is 60.7 Å². The fraction of sp³-hybridized carbons (Fsp3) is 0.241. The number of fused-ring (bicyclic) bond motifs is 1. The van der Waals surface area contributed by atoms with Crippen LogP contribution >= 0.6 is 0 Å². The Kier molecular flexibility index (Phi) is 7.78. The summed E-state index contributed by atoms with van der Waals surface area (Å²) >= 11 is 0. The SMILES string of the molecule is O=C(CCN1CCOCC1)Nc1cccc(CNC(=O)c2cc(-c3cccnc3)nc3ccccc23)c1. The molecule has 0 aliphatic carbocycles. The molecule has 0 atom stereocenters. The minimum absolute atomic E-state index is 0.0288. The summed E-state index contributed by atoms with van der Waals surface area (Å²) < 4.78 is 5.35. The number of ether oxygens (including phenoxy) is 1. The minimum Gasteiger partial charge on any atom is -0.379 e. The second-order valence-electron chi connectivity index (χ2n) is 8.95. The number of morpholine rings is 1. The number of pyridine rings is 2. The molecule has 2 aromatic heterocycles. The van der Waals surface area contributed by atoms with Crippen LogP contribution < -0.4 is 10.6 Å². The lowest BCUT2D eigenvalue weighted by Gasteiger charge is -2.26. The van der Waals surface area contributed by atoms with Crippen LogP contribution in [-0.2, 0) is 16.1 Å². The number of anilines is 1. The summed E-state index contributed by atoms with van der Waals surface area (Å²) in [7, 11) is 0. The molecule has 1 fully saturated rings. The molecule has 1 saturated heterocycles. The number of carbonyl (C=O) groups excluding carboxylic acids is 2. The summed E-state index contributed by atoms with van der Waals surface area (Å²) in [5.74, 6) is -0.220. The van der Waals surface area contributed by atoms with Crippen LogP contribution in [0.3, 0.4) is 0 Å². The van der Waals surface area contributed by atoms with Crippen molar-refractivity contribution in [3.8, 4) is 11.3 Å². The summed E-state index contributed by atoms with van der Waals surface area (Å²) in [6.07, 6.45) is 3.87. The maximum Gasteiger partial charge on any atom is 0.252 e. The maximum absolute atomic E-state index is 13.3. The highest BCUT2D eigenvalue weighted by Crippen LogP contribution is 2.24. The molecule has 1 aliphatic rings. The Bertz CT molecular complexity index is 1390. The highest BCUT2D eigenvalue weighted by Gasteiger charge is 2.15. The number of nitrogens with zero attached hydrogens (tertiary/aromatic N) is 3. The van der Waals surface area contributed by atoms with E-state index in [9.17, 15) is 9.59 Å². The third-order valence-electron chi connectivity index (χ3n) is 6.34. The normalized spacial score (nSPS) is 13.8. The van der Waals surface area contributed by atoms with Crippen LogP contribution in [0.1, 0.15) is 22.3 Å². The molecule has 0 unspecified atom stereocenters. The van der Waals surface area contributed by atoms with E-state index in [0.29, 0.717) is 36.5 Å². The molecule has 0 radical (unpaired) electrons. The van der Waals surface area contributed by atoms with Gasteiger partial charge in [-0.3, -0.25) is 19.5 Å². The number of hydrogen-bond acceptors (Lipinski definition) is 6. The number of para-hydroxylation sites is 1. The lowest BCUT2D eigenvalue weighted by Crippen LogP contribution is -2.38. The van der Waals surface area contributed by atoms with Crippen LogP contribution in [0.25, 0.3) is 22.2 Å². The van der Waals surface area contributed by atoms with Gasteiger partial charge in [-0.2, -0.15) is 0 Å². The molecule has 188 valence electrons. The van der Waals surface area contributed by atoms with Gasteiger partial charge in [0, 0.05) is 61.6 Å². The van der Waals surface area contributed by atoms with Gasteiger partial charge in [0.05, 0.1) is 30.0 Å². The standard InChI is InChI=1S/C29H29N5O3/c35-28(10-12-34-13-15-37-16-14-34)32-23-7-3-5-21(17-23)19-31-29(36)25-18-27(22-6-4-11-30-20-22)33-26-9-2-1-8-24(25)26/h1-9,11,17-18,20H,10,12-16,19H2,(H,31,36)(H,32,35). The van der Waals surface area contributed by atoms with E-state index in [-0.39, 0.29) is 11.8 Å². The Morgan fingerprint density at radius 1 is 0.973 bits per heavy atom. The Morgan fingerprint density at radius 3 is 2.68 bits per heavy atom. The Morgan fingerprint density at radius 2 is 1.84 bits per heavy atom. The molecule has 4 aromatic rings. The zero-order chi connectivity index (χ0) is 25.5. The van der Waals surface area contributed by atoms with Gasteiger partial charge in [-0.1, -0.05) is 30.3 Å². The van der Waals surface area contributed by atoms with Crippen LogP contribution in [0.5, 0.6) is 0 Å². The minimum atomic E-state index is -0.191. The summed E-state index contributed by atoms with van der Waals surface area (Å²) in [6.45, 7) is 4.20. The molecule has 8 nitrogen and oxygen atoms in total. The van der Waals surface area contributed by atoms with Crippen molar-refractivity contribution in [3.05, 3.63) is 90.3 Å². The lowest BCUT2D eigenvalue weighted by molar-refractivity contribution is -0.116. The van der Waals surface area contributed by atoms with Crippen molar-refractivity contribution in [1.29, 1.82) is 0 Å².